The number of hydrogen-bond donors (Lipinski definition) is 1. The van der Waals surface area contributed by atoms with Crippen LogP contribution < -0.4 is 10.1 Å². The highest BCUT2D eigenvalue weighted by molar-refractivity contribution is 6.32. The molecule has 0 aromatic heterocycles. The molecule has 0 aliphatic heterocycles. The molecule has 21 heavy (non-hydrogen) atoms. The van der Waals surface area contributed by atoms with Gasteiger partial charge in [-0.1, -0.05) is 29.3 Å². The third-order valence-electron chi connectivity index (χ3n) is 3.12. The molecule has 0 unspecified atom stereocenters. The van der Waals surface area contributed by atoms with Gasteiger partial charge in [0, 0.05) is 10.7 Å². The molecule has 0 aliphatic carbocycles. The van der Waals surface area contributed by atoms with E-state index in [1.165, 1.54) is 0 Å². The molecule has 0 saturated carbocycles. The Hall–Kier alpha value is -2.00. The van der Waals surface area contributed by atoms with Crippen molar-refractivity contribution in [2.75, 3.05) is 11.9 Å². The number of nitrogens with one attached hydrogen (secondary N) is 1. The molecule has 0 atom stereocenters. The van der Waals surface area contributed by atoms with Crippen molar-refractivity contribution >= 4 is 23.2 Å². The van der Waals surface area contributed by atoms with Gasteiger partial charge in [-0.05, 0) is 56.2 Å². The van der Waals surface area contributed by atoms with Gasteiger partial charge in [0.05, 0.1) is 0 Å². The summed E-state index contributed by atoms with van der Waals surface area (Å²) in [7, 11) is 0. The number of aryl methyl sites for hydroxylation is 3. The summed E-state index contributed by atoms with van der Waals surface area (Å²) in [5, 5.41) is 3.52. The molecule has 0 bridgehead atoms. The van der Waals surface area contributed by atoms with Gasteiger partial charge in [-0.2, -0.15) is 0 Å². The molecule has 2 aromatic carbocycles. The predicted octanol–water partition coefficient (Wildman–Crippen LogP) is 4.28. The molecule has 0 saturated heterocycles. The summed E-state index contributed by atoms with van der Waals surface area (Å²) < 4.78 is 5.51. The molecule has 0 fully saturated rings. The number of halogens is 1. The Morgan fingerprint density at radius 1 is 1.10 bits per heavy atom. The molecule has 2 aromatic rings. The highest BCUT2D eigenvalue weighted by Crippen LogP contribution is 2.25. The third kappa shape index (κ3) is 4.23. The van der Waals surface area contributed by atoms with Crippen LogP contribution in [0.15, 0.2) is 36.4 Å². The number of carbonyl (C=O) groups is 1. The standard InChI is InChI=1S/C17H18ClNO2/c1-11-4-6-14(7-5-11)19-16(20)10-21-15-8-12(2)17(18)13(3)9-15/h4-9H,10H2,1-3H3,(H,19,20). The Labute approximate surface area is 129 Å². The Bertz CT molecular complexity index is 627. The second-order valence-corrected chi connectivity index (χ2v) is 5.45. The van der Waals surface area contributed by atoms with Crippen molar-refractivity contribution in [1.29, 1.82) is 0 Å². The second kappa shape index (κ2) is 6.64. The van der Waals surface area contributed by atoms with Gasteiger partial charge in [0.2, 0.25) is 0 Å². The van der Waals surface area contributed by atoms with Gasteiger partial charge in [0.15, 0.2) is 6.61 Å². The molecule has 3 nitrogen and oxygen atoms in total. The van der Waals surface area contributed by atoms with Crippen molar-refractivity contribution in [2.45, 2.75) is 20.8 Å². The highest BCUT2D eigenvalue weighted by Gasteiger charge is 2.07. The zero-order valence-corrected chi connectivity index (χ0v) is 13.1. The Morgan fingerprint density at radius 3 is 2.24 bits per heavy atom. The van der Waals surface area contributed by atoms with Crippen molar-refractivity contribution in [1.82, 2.24) is 0 Å². The lowest BCUT2D eigenvalue weighted by molar-refractivity contribution is -0.118. The van der Waals surface area contributed by atoms with Crippen LogP contribution in [0.3, 0.4) is 0 Å². The zero-order chi connectivity index (χ0) is 15.4. The van der Waals surface area contributed by atoms with E-state index in [4.69, 9.17) is 16.3 Å². The highest BCUT2D eigenvalue weighted by atomic mass is 35.5. The number of hydrogen-bond acceptors (Lipinski definition) is 2. The largest absolute Gasteiger partial charge is 0.484 e. The molecular formula is C17H18ClNO2. The zero-order valence-electron chi connectivity index (χ0n) is 12.4. The SMILES string of the molecule is Cc1ccc(NC(=O)COc2cc(C)c(Cl)c(C)c2)cc1. The van der Waals surface area contributed by atoms with Crippen molar-refractivity contribution in [2.24, 2.45) is 0 Å². The average molecular weight is 304 g/mol. The lowest BCUT2D eigenvalue weighted by atomic mass is 10.1. The van der Waals surface area contributed by atoms with Crippen molar-refractivity contribution in [3.8, 4) is 5.75 Å². The minimum atomic E-state index is -0.191. The molecule has 1 amide bonds. The van der Waals surface area contributed by atoms with Gasteiger partial charge >= 0.3 is 0 Å². The lowest BCUT2D eigenvalue weighted by Crippen LogP contribution is -2.20. The summed E-state index contributed by atoms with van der Waals surface area (Å²) in [6, 6.07) is 11.3. The van der Waals surface area contributed by atoms with Gasteiger partial charge < -0.3 is 10.1 Å². The normalized spacial score (nSPS) is 10.3. The molecule has 110 valence electrons. The van der Waals surface area contributed by atoms with Crippen LogP contribution in [-0.2, 0) is 4.79 Å². The van der Waals surface area contributed by atoms with E-state index in [0.717, 1.165) is 27.4 Å². The minimum absolute atomic E-state index is 0.0333. The Morgan fingerprint density at radius 2 is 1.67 bits per heavy atom. The molecule has 0 heterocycles. The Balaban J connectivity index is 1.93. The van der Waals surface area contributed by atoms with E-state index >= 15 is 0 Å². The fraction of sp³-hybridized carbons (Fsp3) is 0.235. The van der Waals surface area contributed by atoms with E-state index < -0.39 is 0 Å². The van der Waals surface area contributed by atoms with E-state index in [0.29, 0.717) is 5.75 Å². The number of anilines is 1. The van der Waals surface area contributed by atoms with Crippen LogP contribution in [0.4, 0.5) is 5.69 Å². The summed E-state index contributed by atoms with van der Waals surface area (Å²) >= 11 is 6.10. The fourth-order valence-corrected chi connectivity index (χ4v) is 2.08. The maximum absolute atomic E-state index is 11.8. The fourth-order valence-electron chi connectivity index (χ4n) is 1.97. The third-order valence-corrected chi connectivity index (χ3v) is 3.71. The quantitative estimate of drug-likeness (QED) is 0.915. The molecule has 4 heteroatoms. The number of rotatable bonds is 4. The van der Waals surface area contributed by atoms with E-state index in [1.54, 1.807) is 0 Å². The van der Waals surface area contributed by atoms with Crippen LogP contribution in [0, 0.1) is 20.8 Å². The molecule has 2 rings (SSSR count). The first-order valence-electron chi connectivity index (χ1n) is 6.72. The van der Waals surface area contributed by atoms with Gasteiger partial charge in [0.25, 0.3) is 5.91 Å². The van der Waals surface area contributed by atoms with Gasteiger partial charge in [-0.25, -0.2) is 0 Å². The smallest absolute Gasteiger partial charge is 0.262 e. The monoisotopic (exact) mass is 303 g/mol. The maximum atomic E-state index is 11.8. The Kier molecular flexibility index (Phi) is 4.86. The van der Waals surface area contributed by atoms with E-state index in [-0.39, 0.29) is 12.5 Å². The van der Waals surface area contributed by atoms with E-state index in [9.17, 15) is 4.79 Å². The summed E-state index contributed by atoms with van der Waals surface area (Å²) in [4.78, 5) is 11.8. The van der Waals surface area contributed by atoms with Crippen LogP contribution in [-0.4, -0.2) is 12.5 Å². The number of carbonyl (C=O) groups excluding carboxylic acids is 1. The molecule has 0 aliphatic rings. The van der Waals surface area contributed by atoms with Crippen LogP contribution in [0.5, 0.6) is 5.75 Å². The summed E-state index contributed by atoms with van der Waals surface area (Å²) in [5.41, 5.74) is 3.78. The first kappa shape index (κ1) is 15.4. The van der Waals surface area contributed by atoms with Crippen molar-refractivity contribution in [3.05, 3.63) is 58.1 Å². The molecule has 0 spiro atoms. The topological polar surface area (TPSA) is 38.3 Å². The molecular weight excluding hydrogens is 286 g/mol. The van der Waals surface area contributed by atoms with Crippen LogP contribution in [0.25, 0.3) is 0 Å². The van der Waals surface area contributed by atoms with Gasteiger partial charge in [-0.15, -0.1) is 0 Å². The number of ether oxygens (including phenoxy) is 1. The second-order valence-electron chi connectivity index (χ2n) is 5.07. The van der Waals surface area contributed by atoms with Crippen LogP contribution in [0.1, 0.15) is 16.7 Å². The lowest BCUT2D eigenvalue weighted by Gasteiger charge is -2.10. The van der Waals surface area contributed by atoms with Crippen LogP contribution in [0.2, 0.25) is 5.02 Å². The van der Waals surface area contributed by atoms with Gasteiger partial charge in [-0.3, -0.25) is 4.79 Å². The van der Waals surface area contributed by atoms with E-state index in [2.05, 4.69) is 5.32 Å². The minimum Gasteiger partial charge on any atom is -0.484 e. The summed E-state index contributed by atoms with van der Waals surface area (Å²) in [5.74, 6) is 0.456. The number of amides is 1. The predicted molar refractivity (Wildman–Crippen MR) is 86.2 cm³/mol. The van der Waals surface area contributed by atoms with E-state index in [1.807, 2.05) is 57.2 Å². The first-order valence-corrected chi connectivity index (χ1v) is 7.09. The van der Waals surface area contributed by atoms with Crippen molar-refractivity contribution in [3.63, 3.8) is 0 Å². The first-order chi connectivity index (χ1) is 9.95. The number of benzene rings is 2. The summed E-state index contributed by atoms with van der Waals surface area (Å²) in [6.45, 7) is 5.79. The molecule has 1 N–H and O–H groups in total. The van der Waals surface area contributed by atoms with Crippen molar-refractivity contribution < 1.29 is 9.53 Å². The molecule has 0 radical (unpaired) electrons. The summed E-state index contributed by atoms with van der Waals surface area (Å²) in [6.07, 6.45) is 0. The van der Waals surface area contributed by atoms with Gasteiger partial charge in [0.1, 0.15) is 5.75 Å². The van der Waals surface area contributed by atoms with Crippen LogP contribution >= 0.6 is 11.6 Å². The average Bonchev–Trinajstić information content (AvgIpc) is 2.45. The maximum Gasteiger partial charge on any atom is 0.262 e.